The second-order valence-electron chi connectivity index (χ2n) is 6.50. The first-order valence-electron chi connectivity index (χ1n) is 8.91. The van der Waals surface area contributed by atoms with E-state index in [4.69, 9.17) is 16.3 Å². The van der Waals surface area contributed by atoms with Crippen LogP contribution in [0.1, 0.15) is 24.5 Å². The summed E-state index contributed by atoms with van der Waals surface area (Å²) >= 11 is 6.02. The summed E-state index contributed by atoms with van der Waals surface area (Å²) in [4.78, 5) is 23.8. The Morgan fingerprint density at radius 2 is 1.78 bits per heavy atom. The largest absolute Gasteiger partial charge is 0.362 e. The molecule has 6 heteroatoms. The number of benzene rings is 2. The van der Waals surface area contributed by atoms with Gasteiger partial charge in [-0.1, -0.05) is 48.0 Å². The Morgan fingerprint density at radius 1 is 1.07 bits per heavy atom. The molecule has 1 atom stereocenters. The van der Waals surface area contributed by atoms with Crippen LogP contribution in [0.2, 0.25) is 5.02 Å². The van der Waals surface area contributed by atoms with E-state index >= 15 is 0 Å². The molecule has 0 saturated heterocycles. The van der Waals surface area contributed by atoms with Crippen LogP contribution in [0.3, 0.4) is 0 Å². The highest BCUT2D eigenvalue weighted by atomic mass is 35.5. The third-order valence-electron chi connectivity index (χ3n) is 4.04. The van der Waals surface area contributed by atoms with Crippen LogP contribution in [0.25, 0.3) is 0 Å². The van der Waals surface area contributed by atoms with E-state index in [-0.39, 0.29) is 31.1 Å². The van der Waals surface area contributed by atoms with Crippen LogP contribution in [0, 0.1) is 6.92 Å². The van der Waals surface area contributed by atoms with Crippen LogP contribution in [-0.4, -0.2) is 31.1 Å². The van der Waals surface area contributed by atoms with Crippen LogP contribution >= 0.6 is 11.6 Å². The third kappa shape index (κ3) is 7.81. The van der Waals surface area contributed by atoms with E-state index in [1.807, 2.05) is 38.1 Å². The van der Waals surface area contributed by atoms with Gasteiger partial charge in [0.15, 0.2) is 0 Å². The second kappa shape index (κ2) is 10.7. The standard InChI is InChI=1S/C21H25ClN2O3/c1-15-8-11-18(12-19(15)22)24-21(26)14-27-13-20(25)23-16(2)9-10-17-6-4-3-5-7-17/h3-8,11-12,16H,9-10,13-14H2,1-2H3,(H,23,25)(H,24,26)/t16-/m1/s1. The molecule has 2 aromatic rings. The summed E-state index contributed by atoms with van der Waals surface area (Å²) in [5.74, 6) is -0.568. The molecule has 0 fully saturated rings. The van der Waals surface area contributed by atoms with Crippen molar-refractivity contribution in [3.63, 3.8) is 0 Å². The Labute approximate surface area is 165 Å². The zero-order chi connectivity index (χ0) is 19.6. The first-order chi connectivity index (χ1) is 12.9. The quantitative estimate of drug-likeness (QED) is 0.687. The molecule has 0 saturated carbocycles. The maximum absolute atomic E-state index is 11.9. The highest BCUT2D eigenvalue weighted by molar-refractivity contribution is 6.31. The summed E-state index contributed by atoms with van der Waals surface area (Å²) in [6.07, 6.45) is 1.73. The van der Waals surface area contributed by atoms with Gasteiger partial charge >= 0.3 is 0 Å². The number of aryl methyl sites for hydroxylation is 2. The molecule has 2 amide bonds. The van der Waals surface area contributed by atoms with Crippen molar-refractivity contribution in [3.05, 3.63) is 64.7 Å². The zero-order valence-electron chi connectivity index (χ0n) is 15.6. The number of anilines is 1. The minimum atomic E-state index is -0.333. The van der Waals surface area contributed by atoms with E-state index in [9.17, 15) is 9.59 Å². The van der Waals surface area contributed by atoms with Crippen molar-refractivity contribution in [1.29, 1.82) is 0 Å². The number of carbonyl (C=O) groups is 2. The summed E-state index contributed by atoms with van der Waals surface area (Å²) in [6.45, 7) is 3.49. The van der Waals surface area contributed by atoms with E-state index in [1.165, 1.54) is 5.56 Å². The average molecular weight is 389 g/mol. The molecule has 0 unspecified atom stereocenters. The van der Waals surface area contributed by atoms with Crippen molar-refractivity contribution < 1.29 is 14.3 Å². The van der Waals surface area contributed by atoms with Crippen molar-refractivity contribution in [2.24, 2.45) is 0 Å². The molecule has 0 bridgehead atoms. The van der Waals surface area contributed by atoms with E-state index in [0.717, 1.165) is 18.4 Å². The molecule has 5 nitrogen and oxygen atoms in total. The fraction of sp³-hybridized carbons (Fsp3) is 0.333. The predicted molar refractivity (Wildman–Crippen MR) is 108 cm³/mol. The number of hydrogen-bond acceptors (Lipinski definition) is 3. The number of nitrogens with one attached hydrogen (secondary N) is 2. The minimum absolute atomic E-state index is 0.0323. The van der Waals surface area contributed by atoms with Crippen LogP contribution in [0.5, 0.6) is 0 Å². The van der Waals surface area contributed by atoms with Crippen molar-refractivity contribution in [1.82, 2.24) is 5.32 Å². The number of amides is 2. The van der Waals surface area contributed by atoms with Gasteiger partial charge in [-0.3, -0.25) is 9.59 Å². The van der Waals surface area contributed by atoms with E-state index in [0.29, 0.717) is 10.7 Å². The minimum Gasteiger partial charge on any atom is -0.362 e. The van der Waals surface area contributed by atoms with Gasteiger partial charge in [0.1, 0.15) is 13.2 Å². The molecule has 27 heavy (non-hydrogen) atoms. The Morgan fingerprint density at radius 3 is 2.48 bits per heavy atom. The summed E-state index contributed by atoms with van der Waals surface area (Å²) in [7, 11) is 0. The Kier molecular flexibility index (Phi) is 8.30. The summed E-state index contributed by atoms with van der Waals surface area (Å²) in [6, 6.07) is 15.4. The average Bonchev–Trinajstić information content (AvgIpc) is 2.64. The number of carbonyl (C=O) groups excluding carboxylic acids is 2. The molecule has 2 rings (SSSR count). The topological polar surface area (TPSA) is 67.4 Å². The molecule has 2 aromatic carbocycles. The van der Waals surface area contributed by atoms with Crippen molar-refractivity contribution >= 4 is 29.1 Å². The van der Waals surface area contributed by atoms with E-state index in [2.05, 4.69) is 22.8 Å². The molecule has 144 valence electrons. The lowest BCUT2D eigenvalue weighted by Gasteiger charge is -2.14. The lowest BCUT2D eigenvalue weighted by molar-refractivity contribution is -0.129. The molecule has 2 N–H and O–H groups in total. The summed E-state index contributed by atoms with van der Waals surface area (Å²) in [5.41, 5.74) is 2.77. The van der Waals surface area contributed by atoms with Gasteiger partial charge in [-0.05, 0) is 49.9 Å². The maximum atomic E-state index is 11.9. The van der Waals surface area contributed by atoms with Crippen molar-refractivity contribution in [3.8, 4) is 0 Å². The van der Waals surface area contributed by atoms with Gasteiger partial charge in [0, 0.05) is 16.8 Å². The summed E-state index contributed by atoms with van der Waals surface area (Å²) in [5, 5.41) is 6.14. The predicted octanol–water partition coefficient (Wildman–Crippen LogP) is 3.74. The summed E-state index contributed by atoms with van der Waals surface area (Å²) < 4.78 is 5.19. The molecule has 0 aliphatic heterocycles. The molecule has 0 spiro atoms. The second-order valence-corrected chi connectivity index (χ2v) is 6.90. The fourth-order valence-corrected chi connectivity index (χ4v) is 2.70. The van der Waals surface area contributed by atoms with Gasteiger partial charge in [0.25, 0.3) is 0 Å². The van der Waals surface area contributed by atoms with Crippen molar-refractivity contribution in [2.45, 2.75) is 32.7 Å². The van der Waals surface area contributed by atoms with Crippen LogP contribution < -0.4 is 10.6 Å². The molecular formula is C21H25ClN2O3. The fourth-order valence-electron chi connectivity index (χ4n) is 2.52. The Bertz CT molecular complexity index is 765. The molecule has 0 aromatic heterocycles. The number of rotatable bonds is 9. The number of ether oxygens (including phenoxy) is 1. The van der Waals surface area contributed by atoms with Gasteiger partial charge < -0.3 is 15.4 Å². The van der Waals surface area contributed by atoms with Gasteiger partial charge in [-0.15, -0.1) is 0 Å². The van der Waals surface area contributed by atoms with Crippen LogP contribution in [0.4, 0.5) is 5.69 Å². The van der Waals surface area contributed by atoms with E-state index in [1.54, 1.807) is 12.1 Å². The zero-order valence-corrected chi connectivity index (χ0v) is 16.4. The van der Waals surface area contributed by atoms with Gasteiger partial charge in [0.05, 0.1) is 0 Å². The maximum Gasteiger partial charge on any atom is 0.250 e. The molecular weight excluding hydrogens is 364 g/mol. The molecule has 0 heterocycles. The molecule has 0 aliphatic carbocycles. The highest BCUT2D eigenvalue weighted by Gasteiger charge is 2.10. The smallest absolute Gasteiger partial charge is 0.250 e. The van der Waals surface area contributed by atoms with Crippen LogP contribution in [0.15, 0.2) is 48.5 Å². The van der Waals surface area contributed by atoms with Gasteiger partial charge in [0.2, 0.25) is 11.8 Å². The number of halogens is 1. The van der Waals surface area contributed by atoms with Crippen molar-refractivity contribution in [2.75, 3.05) is 18.5 Å². The first kappa shape index (κ1) is 20.9. The Hall–Kier alpha value is -2.37. The van der Waals surface area contributed by atoms with E-state index < -0.39 is 0 Å². The van der Waals surface area contributed by atoms with Gasteiger partial charge in [-0.2, -0.15) is 0 Å². The lowest BCUT2D eigenvalue weighted by Crippen LogP contribution is -2.36. The lowest BCUT2D eigenvalue weighted by atomic mass is 10.1. The molecule has 0 aliphatic rings. The monoisotopic (exact) mass is 388 g/mol. The SMILES string of the molecule is Cc1ccc(NC(=O)COCC(=O)N[C@H](C)CCc2ccccc2)cc1Cl. The molecule has 0 radical (unpaired) electrons. The highest BCUT2D eigenvalue weighted by Crippen LogP contribution is 2.19. The van der Waals surface area contributed by atoms with Gasteiger partial charge in [-0.25, -0.2) is 0 Å². The number of hydrogen-bond donors (Lipinski definition) is 2. The Balaban J connectivity index is 1.63. The van der Waals surface area contributed by atoms with Crippen LogP contribution in [-0.2, 0) is 20.7 Å². The normalized spacial score (nSPS) is 11.7. The first-order valence-corrected chi connectivity index (χ1v) is 9.29. The third-order valence-corrected chi connectivity index (χ3v) is 4.45.